The third-order valence-corrected chi connectivity index (χ3v) is 2.81. The molecule has 0 fully saturated rings. The smallest absolute Gasteiger partial charge is 0.251 e. The van der Waals surface area contributed by atoms with Crippen LogP contribution in [0.1, 0.15) is 19.0 Å². The van der Waals surface area contributed by atoms with Gasteiger partial charge in [0, 0.05) is 38.2 Å². The van der Waals surface area contributed by atoms with E-state index in [0.717, 1.165) is 30.6 Å². The zero-order valence-corrected chi connectivity index (χ0v) is 11.2. The second kappa shape index (κ2) is 6.29. The van der Waals surface area contributed by atoms with Crippen molar-refractivity contribution in [3.63, 3.8) is 0 Å². The van der Waals surface area contributed by atoms with E-state index in [4.69, 9.17) is 4.74 Å². The van der Waals surface area contributed by atoms with E-state index in [9.17, 15) is 4.79 Å². The van der Waals surface area contributed by atoms with E-state index in [1.54, 1.807) is 18.0 Å². The molecule has 0 bridgehead atoms. The summed E-state index contributed by atoms with van der Waals surface area (Å²) in [6, 6.07) is 1.53. The van der Waals surface area contributed by atoms with Crippen LogP contribution in [-0.2, 0) is 17.7 Å². The predicted octanol–water partition coefficient (Wildman–Crippen LogP) is 1.23. The fourth-order valence-corrected chi connectivity index (χ4v) is 1.83. The van der Waals surface area contributed by atoms with Crippen LogP contribution < -0.4 is 5.56 Å². The number of hydrogen-bond donors (Lipinski definition) is 1. The highest BCUT2D eigenvalue weighted by molar-refractivity contribution is 5.51. The highest BCUT2D eigenvalue weighted by Gasteiger charge is 2.06. The lowest BCUT2D eigenvalue weighted by Gasteiger charge is -2.02. The Morgan fingerprint density at radius 3 is 3.00 bits per heavy atom. The minimum Gasteiger partial charge on any atom is -0.385 e. The van der Waals surface area contributed by atoms with Crippen molar-refractivity contribution in [2.24, 2.45) is 0 Å². The highest BCUT2D eigenvalue weighted by Crippen LogP contribution is 2.12. The molecule has 0 saturated carbocycles. The van der Waals surface area contributed by atoms with Crippen molar-refractivity contribution in [1.29, 1.82) is 0 Å². The van der Waals surface area contributed by atoms with Gasteiger partial charge in [0.25, 0.3) is 5.56 Å². The van der Waals surface area contributed by atoms with Gasteiger partial charge in [-0.25, -0.2) is 4.98 Å². The van der Waals surface area contributed by atoms with Gasteiger partial charge in [0.1, 0.15) is 5.82 Å². The normalized spacial score (nSPS) is 10.8. The Labute approximate surface area is 111 Å². The minimum absolute atomic E-state index is 0.137. The fourth-order valence-electron chi connectivity index (χ4n) is 1.83. The van der Waals surface area contributed by atoms with Crippen molar-refractivity contribution in [1.82, 2.24) is 19.7 Å². The van der Waals surface area contributed by atoms with Gasteiger partial charge in [0.2, 0.25) is 0 Å². The molecule has 0 spiro atoms. The molecule has 0 aliphatic heterocycles. The van der Waals surface area contributed by atoms with Gasteiger partial charge >= 0.3 is 0 Å². The summed E-state index contributed by atoms with van der Waals surface area (Å²) in [7, 11) is 1.66. The van der Waals surface area contributed by atoms with Gasteiger partial charge in [-0.1, -0.05) is 0 Å². The molecule has 6 heteroatoms. The first-order chi connectivity index (χ1) is 9.22. The van der Waals surface area contributed by atoms with Crippen LogP contribution in [-0.4, -0.2) is 33.5 Å². The molecule has 2 aromatic rings. The van der Waals surface area contributed by atoms with Gasteiger partial charge in [0.05, 0.1) is 11.8 Å². The summed E-state index contributed by atoms with van der Waals surface area (Å²) in [5, 5.41) is 4.18. The van der Waals surface area contributed by atoms with Crippen LogP contribution >= 0.6 is 0 Å². The number of hydrogen-bond acceptors (Lipinski definition) is 4. The van der Waals surface area contributed by atoms with Gasteiger partial charge < -0.3 is 9.72 Å². The van der Waals surface area contributed by atoms with Crippen LogP contribution in [0.4, 0.5) is 0 Å². The van der Waals surface area contributed by atoms with Crippen LogP contribution in [0.5, 0.6) is 0 Å². The molecule has 1 N–H and O–H groups in total. The van der Waals surface area contributed by atoms with Crippen molar-refractivity contribution >= 4 is 0 Å². The second-order valence-electron chi connectivity index (χ2n) is 4.27. The summed E-state index contributed by atoms with van der Waals surface area (Å²) >= 11 is 0. The van der Waals surface area contributed by atoms with Crippen molar-refractivity contribution in [2.75, 3.05) is 13.7 Å². The topological polar surface area (TPSA) is 72.8 Å². The standard InChI is InChI=1S/C13H18N4O2/c1-3-17-9-10(8-14-17)13-15-11(5-4-6-19-2)7-12(18)16-13/h7-9H,3-6H2,1-2H3,(H,15,16,18). The number of aromatic amines is 1. The Bertz CT molecular complexity index is 588. The molecular formula is C13H18N4O2. The number of nitrogens with one attached hydrogen (secondary N) is 1. The number of ether oxygens (including phenoxy) is 1. The highest BCUT2D eigenvalue weighted by atomic mass is 16.5. The van der Waals surface area contributed by atoms with Gasteiger partial charge in [-0.2, -0.15) is 5.10 Å². The minimum atomic E-state index is -0.137. The van der Waals surface area contributed by atoms with Crippen LogP contribution in [0.2, 0.25) is 0 Å². The largest absolute Gasteiger partial charge is 0.385 e. The average Bonchev–Trinajstić information content (AvgIpc) is 2.87. The number of aromatic nitrogens is 4. The predicted molar refractivity (Wildman–Crippen MR) is 71.9 cm³/mol. The van der Waals surface area contributed by atoms with Crippen LogP contribution in [0.25, 0.3) is 11.4 Å². The molecule has 6 nitrogen and oxygen atoms in total. The molecule has 0 unspecified atom stereocenters. The van der Waals surface area contributed by atoms with Crippen LogP contribution in [0.15, 0.2) is 23.3 Å². The number of aryl methyl sites for hydroxylation is 2. The molecule has 0 aromatic carbocycles. The molecule has 0 saturated heterocycles. The van der Waals surface area contributed by atoms with E-state index in [0.29, 0.717) is 12.4 Å². The molecule has 0 amide bonds. The van der Waals surface area contributed by atoms with Crippen molar-refractivity contribution in [3.8, 4) is 11.4 Å². The van der Waals surface area contributed by atoms with E-state index in [2.05, 4.69) is 15.1 Å². The maximum atomic E-state index is 11.6. The lowest BCUT2D eigenvalue weighted by Crippen LogP contribution is -2.10. The van der Waals surface area contributed by atoms with Gasteiger partial charge in [0.15, 0.2) is 0 Å². The first-order valence-electron chi connectivity index (χ1n) is 6.35. The van der Waals surface area contributed by atoms with E-state index in [1.165, 1.54) is 6.07 Å². The van der Waals surface area contributed by atoms with Gasteiger partial charge in [-0.3, -0.25) is 9.48 Å². The SMILES string of the molecule is CCn1cc(-c2nc(CCCOC)cc(=O)[nH]2)cn1. The van der Waals surface area contributed by atoms with Crippen molar-refractivity contribution < 1.29 is 4.74 Å². The lowest BCUT2D eigenvalue weighted by atomic mass is 10.2. The molecule has 0 atom stereocenters. The number of H-pyrrole nitrogens is 1. The summed E-state index contributed by atoms with van der Waals surface area (Å²) in [6.45, 7) is 3.46. The molecule has 2 heterocycles. The van der Waals surface area contributed by atoms with E-state index in [1.807, 2.05) is 13.1 Å². The average molecular weight is 262 g/mol. The van der Waals surface area contributed by atoms with E-state index >= 15 is 0 Å². The Kier molecular flexibility index (Phi) is 4.46. The van der Waals surface area contributed by atoms with Crippen molar-refractivity contribution in [3.05, 3.63) is 34.5 Å². The van der Waals surface area contributed by atoms with Gasteiger partial charge in [-0.15, -0.1) is 0 Å². The maximum absolute atomic E-state index is 11.6. The molecule has 2 aromatic heterocycles. The zero-order valence-electron chi connectivity index (χ0n) is 11.2. The molecule has 0 radical (unpaired) electrons. The first kappa shape index (κ1) is 13.5. The number of nitrogens with zero attached hydrogens (tertiary/aromatic N) is 3. The summed E-state index contributed by atoms with van der Waals surface area (Å²) in [5.41, 5.74) is 1.47. The molecular weight excluding hydrogens is 244 g/mol. The maximum Gasteiger partial charge on any atom is 0.251 e. The van der Waals surface area contributed by atoms with E-state index < -0.39 is 0 Å². The molecule has 2 rings (SSSR count). The number of methoxy groups -OCH3 is 1. The van der Waals surface area contributed by atoms with E-state index in [-0.39, 0.29) is 5.56 Å². The lowest BCUT2D eigenvalue weighted by molar-refractivity contribution is 0.195. The molecule has 0 aliphatic carbocycles. The monoisotopic (exact) mass is 262 g/mol. The quantitative estimate of drug-likeness (QED) is 0.795. The van der Waals surface area contributed by atoms with Crippen molar-refractivity contribution in [2.45, 2.75) is 26.3 Å². The molecule has 0 aliphatic rings. The molecule has 102 valence electrons. The first-order valence-corrected chi connectivity index (χ1v) is 6.35. The van der Waals surface area contributed by atoms with Crippen LogP contribution in [0, 0.1) is 0 Å². The summed E-state index contributed by atoms with van der Waals surface area (Å²) in [6.07, 6.45) is 5.16. The number of rotatable bonds is 6. The Hall–Kier alpha value is -1.95. The second-order valence-corrected chi connectivity index (χ2v) is 4.27. The zero-order chi connectivity index (χ0) is 13.7. The Morgan fingerprint density at radius 2 is 2.32 bits per heavy atom. The summed E-state index contributed by atoms with van der Waals surface area (Å²) in [4.78, 5) is 18.8. The Balaban J connectivity index is 2.23. The summed E-state index contributed by atoms with van der Waals surface area (Å²) < 4.78 is 6.80. The molecule has 19 heavy (non-hydrogen) atoms. The Morgan fingerprint density at radius 1 is 1.47 bits per heavy atom. The fraction of sp³-hybridized carbons (Fsp3) is 0.462. The third kappa shape index (κ3) is 3.51. The third-order valence-electron chi connectivity index (χ3n) is 2.81. The summed E-state index contributed by atoms with van der Waals surface area (Å²) in [5.74, 6) is 0.569. The van der Waals surface area contributed by atoms with Crippen LogP contribution in [0.3, 0.4) is 0 Å². The van der Waals surface area contributed by atoms with Gasteiger partial charge in [-0.05, 0) is 19.8 Å².